The number of likely N-dealkylation sites (N-methyl/N-ethyl adjacent to an activating group) is 1. The molecule has 0 aliphatic heterocycles. The Balaban J connectivity index is 2.96. The Kier molecular flexibility index (Phi) is 5.45. The van der Waals surface area contributed by atoms with Gasteiger partial charge in [-0.2, -0.15) is 0 Å². The number of methoxy groups -OCH3 is 1. The Morgan fingerprint density at radius 1 is 1.18 bits per heavy atom. The predicted molar refractivity (Wildman–Crippen MR) is 72.3 cm³/mol. The van der Waals surface area contributed by atoms with Crippen molar-refractivity contribution < 1.29 is 4.74 Å². The van der Waals surface area contributed by atoms with E-state index < -0.39 is 0 Å². The Hall–Kier alpha value is -1.06. The van der Waals surface area contributed by atoms with Crippen LogP contribution in [0.15, 0.2) is 24.3 Å². The number of nitrogens with two attached hydrogens (primary N) is 1. The van der Waals surface area contributed by atoms with E-state index in [4.69, 9.17) is 10.5 Å². The van der Waals surface area contributed by atoms with E-state index in [1.54, 1.807) is 7.11 Å². The second-order valence-corrected chi connectivity index (χ2v) is 4.30. The molecule has 2 atom stereocenters. The van der Waals surface area contributed by atoms with Crippen molar-refractivity contribution in [2.45, 2.75) is 32.9 Å². The fraction of sp³-hybridized carbons (Fsp3) is 0.571. The van der Waals surface area contributed by atoms with Crippen molar-refractivity contribution in [1.82, 2.24) is 4.90 Å². The molecule has 0 radical (unpaired) electrons. The third kappa shape index (κ3) is 3.45. The third-order valence-corrected chi connectivity index (χ3v) is 3.16. The van der Waals surface area contributed by atoms with Crippen LogP contribution >= 0.6 is 0 Å². The first kappa shape index (κ1) is 14.0. The van der Waals surface area contributed by atoms with Crippen LogP contribution in [0.4, 0.5) is 0 Å². The van der Waals surface area contributed by atoms with Crippen LogP contribution in [-0.2, 0) is 0 Å². The van der Waals surface area contributed by atoms with Gasteiger partial charge in [0.25, 0.3) is 0 Å². The molecule has 1 aromatic carbocycles. The lowest BCUT2D eigenvalue weighted by atomic mass is 9.99. The summed E-state index contributed by atoms with van der Waals surface area (Å²) >= 11 is 0. The summed E-state index contributed by atoms with van der Waals surface area (Å²) in [5, 5.41) is 0. The number of ether oxygens (including phenoxy) is 1. The highest BCUT2D eigenvalue weighted by atomic mass is 16.5. The number of nitrogens with zero attached hydrogens (tertiary/aromatic N) is 1. The first-order chi connectivity index (χ1) is 8.13. The fourth-order valence-corrected chi connectivity index (χ4v) is 2.27. The third-order valence-electron chi connectivity index (χ3n) is 3.16. The summed E-state index contributed by atoms with van der Waals surface area (Å²) in [4.78, 5) is 2.38. The Bertz CT molecular complexity index is 317. The first-order valence-corrected chi connectivity index (χ1v) is 6.27. The molecule has 0 fully saturated rings. The van der Waals surface area contributed by atoms with Crippen LogP contribution in [0, 0.1) is 0 Å². The average Bonchev–Trinajstić information content (AvgIpc) is 2.35. The van der Waals surface area contributed by atoms with E-state index in [2.05, 4.69) is 37.8 Å². The molecule has 17 heavy (non-hydrogen) atoms. The van der Waals surface area contributed by atoms with Gasteiger partial charge in [0, 0.05) is 12.1 Å². The van der Waals surface area contributed by atoms with Crippen LogP contribution in [0.1, 0.15) is 32.4 Å². The fourth-order valence-electron chi connectivity index (χ4n) is 2.27. The molecule has 2 N–H and O–H groups in total. The van der Waals surface area contributed by atoms with Gasteiger partial charge in [-0.15, -0.1) is 0 Å². The van der Waals surface area contributed by atoms with E-state index in [0.29, 0.717) is 0 Å². The van der Waals surface area contributed by atoms with Crippen LogP contribution in [0.5, 0.6) is 5.75 Å². The van der Waals surface area contributed by atoms with E-state index in [0.717, 1.165) is 18.8 Å². The number of hydrogen-bond donors (Lipinski definition) is 1. The monoisotopic (exact) mass is 236 g/mol. The summed E-state index contributed by atoms with van der Waals surface area (Å²) in [5.74, 6) is 0.886. The van der Waals surface area contributed by atoms with Gasteiger partial charge in [-0.05, 0) is 37.7 Å². The van der Waals surface area contributed by atoms with Crippen LogP contribution in [-0.4, -0.2) is 31.1 Å². The van der Waals surface area contributed by atoms with Crippen LogP contribution < -0.4 is 10.5 Å². The number of hydrogen-bond acceptors (Lipinski definition) is 3. The van der Waals surface area contributed by atoms with Crippen molar-refractivity contribution in [3.8, 4) is 5.75 Å². The minimum Gasteiger partial charge on any atom is -0.497 e. The molecule has 2 unspecified atom stereocenters. The van der Waals surface area contributed by atoms with Gasteiger partial charge in [0.15, 0.2) is 0 Å². The lowest BCUT2D eigenvalue weighted by Crippen LogP contribution is -2.39. The molecule has 1 aromatic rings. The Labute approximate surface area is 105 Å². The second kappa shape index (κ2) is 6.62. The van der Waals surface area contributed by atoms with Crippen molar-refractivity contribution >= 4 is 0 Å². The Morgan fingerprint density at radius 3 is 2.06 bits per heavy atom. The maximum Gasteiger partial charge on any atom is 0.118 e. The topological polar surface area (TPSA) is 38.5 Å². The van der Waals surface area contributed by atoms with Crippen molar-refractivity contribution in [3.63, 3.8) is 0 Å². The zero-order valence-electron chi connectivity index (χ0n) is 11.3. The highest BCUT2D eigenvalue weighted by molar-refractivity contribution is 5.29. The van der Waals surface area contributed by atoms with Crippen LogP contribution in [0.3, 0.4) is 0 Å². The van der Waals surface area contributed by atoms with Crippen molar-refractivity contribution in [3.05, 3.63) is 29.8 Å². The zero-order chi connectivity index (χ0) is 12.8. The van der Waals surface area contributed by atoms with Gasteiger partial charge in [0.1, 0.15) is 5.75 Å². The molecule has 0 aromatic heterocycles. The molecule has 96 valence electrons. The smallest absolute Gasteiger partial charge is 0.118 e. The molecule has 0 aliphatic rings. The minimum atomic E-state index is 0.114. The van der Waals surface area contributed by atoms with Crippen molar-refractivity contribution in [2.75, 3.05) is 20.2 Å². The van der Waals surface area contributed by atoms with E-state index in [1.807, 2.05) is 12.1 Å². The lowest BCUT2D eigenvalue weighted by molar-refractivity contribution is 0.195. The summed E-state index contributed by atoms with van der Waals surface area (Å²) in [6.45, 7) is 8.42. The van der Waals surface area contributed by atoms with E-state index >= 15 is 0 Å². The van der Waals surface area contributed by atoms with Gasteiger partial charge in [0.05, 0.1) is 7.11 Å². The molecular formula is C14H24N2O. The second-order valence-electron chi connectivity index (χ2n) is 4.30. The SMILES string of the molecule is CCN(CC)C(c1ccc(OC)cc1)C(C)N. The van der Waals surface area contributed by atoms with Gasteiger partial charge >= 0.3 is 0 Å². The summed E-state index contributed by atoms with van der Waals surface area (Å²) in [5.41, 5.74) is 7.37. The van der Waals surface area contributed by atoms with Gasteiger partial charge in [0.2, 0.25) is 0 Å². The molecule has 0 heterocycles. The Morgan fingerprint density at radius 2 is 1.71 bits per heavy atom. The van der Waals surface area contributed by atoms with E-state index in [-0.39, 0.29) is 12.1 Å². The van der Waals surface area contributed by atoms with Gasteiger partial charge in [-0.25, -0.2) is 0 Å². The van der Waals surface area contributed by atoms with Gasteiger partial charge < -0.3 is 10.5 Å². The van der Waals surface area contributed by atoms with Crippen LogP contribution in [0.2, 0.25) is 0 Å². The molecule has 0 bridgehead atoms. The first-order valence-electron chi connectivity index (χ1n) is 6.27. The summed E-state index contributed by atoms with van der Waals surface area (Å²) in [7, 11) is 1.68. The average molecular weight is 236 g/mol. The normalized spacial score (nSPS) is 14.7. The number of benzene rings is 1. The maximum absolute atomic E-state index is 6.12. The predicted octanol–water partition coefficient (Wildman–Crippen LogP) is 2.43. The standard InChI is InChI=1S/C14H24N2O/c1-5-16(6-2)14(11(3)15)12-7-9-13(17-4)10-8-12/h7-11,14H,5-6,15H2,1-4H3. The maximum atomic E-state index is 6.12. The highest BCUT2D eigenvalue weighted by Gasteiger charge is 2.21. The molecule has 1 rings (SSSR count). The molecule has 0 saturated heterocycles. The van der Waals surface area contributed by atoms with E-state index in [9.17, 15) is 0 Å². The summed E-state index contributed by atoms with van der Waals surface area (Å²) < 4.78 is 5.18. The number of rotatable bonds is 6. The zero-order valence-corrected chi connectivity index (χ0v) is 11.3. The molecule has 3 heteroatoms. The highest BCUT2D eigenvalue weighted by Crippen LogP contribution is 2.25. The van der Waals surface area contributed by atoms with Crippen molar-refractivity contribution in [2.24, 2.45) is 5.73 Å². The minimum absolute atomic E-state index is 0.114. The van der Waals surface area contributed by atoms with Gasteiger partial charge in [-0.3, -0.25) is 4.90 Å². The van der Waals surface area contributed by atoms with Crippen LogP contribution in [0.25, 0.3) is 0 Å². The summed E-state index contributed by atoms with van der Waals surface area (Å²) in [6, 6.07) is 8.58. The molecule has 3 nitrogen and oxygen atoms in total. The molecule has 0 aliphatic carbocycles. The quantitative estimate of drug-likeness (QED) is 0.824. The van der Waals surface area contributed by atoms with E-state index in [1.165, 1.54) is 5.56 Å². The van der Waals surface area contributed by atoms with Gasteiger partial charge in [-0.1, -0.05) is 26.0 Å². The molecule has 0 amide bonds. The van der Waals surface area contributed by atoms with Crippen molar-refractivity contribution in [1.29, 1.82) is 0 Å². The largest absolute Gasteiger partial charge is 0.497 e. The molecule has 0 spiro atoms. The lowest BCUT2D eigenvalue weighted by Gasteiger charge is -2.33. The molecular weight excluding hydrogens is 212 g/mol. The summed E-state index contributed by atoms with van der Waals surface area (Å²) in [6.07, 6.45) is 0. The molecule has 0 saturated carbocycles.